The van der Waals surface area contributed by atoms with Crippen LogP contribution in [-0.4, -0.2) is 78.6 Å². The highest BCUT2D eigenvalue weighted by Crippen LogP contribution is 2.56. The monoisotopic (exact) mass is 710 g/mol. The first-order valence-electron chi connectivity index (χ1n) is 15.0. The van der Waals surface area contributed by atoms with Crippen molar-refractivity contribution in [3.05, 3.63) is 65.0 Å². The SMILES string of the molecule is CC(=O)N1CCC(C(=O)N2CC[C@@]3(S(=O)(=O)c4ccc(F)cc4)c4ccc(C(F)(C(F)(F)F)C(F)(F)F)cc4CCC[C@@H]23)CC1C(=O)O. The lowest BCUT2D eigenvalue weighted by Crippen LogP contribution is -2.54. The van der Waals surface area contributed by atoms with Gasteiger partial charge in [0, 0.05) is 31.5 Å². The van der Waals surface area contributed by atoms with Gasteiger partial charge in [0.1, 0.15) is 16.6 Å². The molecule has 3 aliphatic rings. The maximum atomic E-state index is 15.1. The molecule has 17 heteroatoms. The first-order valence-corrected chi connectivity index (χ1v) is 16.4. The summed E-state index contributed by atoms with van der Waals surface area (Å²) in [5, 5.41) is 9.74. The number of nitrogens with zero attached hydrogens (tertiary/aromatic N) is 2. The van der Waals surface area contributed by atoms with Crippen LogP contribution in [0.5, 0.6) is 0 Å². The van der Waals surface area contributed by atoms with Gasteiger partial charge < -0.3 is 14.9 Å². The average Bonchev–Trinajstić information content (AvgIpc) is 3.31. The highest BCUT2D eigenvalue weighted by molar-refractivity contribution is 7.92. The van der Waals surface area contributed by atoms with Crippen LogP contribution in [0.4, 0.5) is 35.1 Å². The molecule has 0 radical (unpaired) electrons. The van der Waals surface area contributed by atoms with Gasteiger partial charge in [-0.25, -0.2) is 22.0 Å². The van der Waals surface area contributed by atoms with Gasteiger partial charge in [-0.05, 0) is 73.9 Å². The number of halogens is 8. The van der Waals surface area contributed by atoms with Crippen LogP contribution in [0.2, 0.25) is 0 Å². The van der Waals surface area contributed by atoms with Crippen LogP contribution in [-0.2, 0) is 41.1 Å². The maximum absolute atomic E-state index is 15.1. The Morgan fingerprint density at radius 1 is 0.896 bits per heavy atom. The Morgan fingerprint density at radius 2 is 1.52 bits per heavy atom. The largest absolute Gasteiger partial charge is 0.480 e. The molecule has 0 bridgehead atoms. The summed E-state index contributed by atoms with van der Waals surface area (Å²) in [4.78, 5) is 40.0. The molecule has 8 nitrogen and oxygen atoms in total. The number of benzene rings is 2. The number of amides is 2. The number of sulfone groups is 1. The maximum Gasteiger partial charge on any atom is 0.435 e. The molecule has 1 N–H and O–H groups in total. The number of carbonyl (C=O) groups is 3. The predicted molar refractivity (Wildman–Crippen MR) is 151 cm³/mol. The van der Waals surface area contributed by atoms with Crippen molar-refractivity contribution in [2.75, 3.05) is 13.1 Å². The molecule has 2 heterocycles. The molecule has 0 aromatic heterocycles. The minimum absolute atomic E-state index is 0.0244. The Balaban J connectivity index is 1.65. The summed E-state index contributed by atoms with van der Waals surface area (Å²) in [6, 6.07) is 2.41. The van der Waals surface area contributed by atoms with Crippen molar-refractivity contribution in [2.45, 2.75) is 85.2 Å². The summed E-state index contributed by atoms with van der Waals surface area (Å²) in [6.45, 7) is 0.862. The van der Waals surface area contributed by atoms with Gasteiger partial charge in [0.2, 0.25) is 11.8 Å². The number of fused-ring (bicyclic) bond motifs is 3. The van der Waals surface area contributed by atoms with Crippen molar-refractivity contribution in [3.63, 3.8) is 0 Å². The lowest BCUT2D eigenvalue weighted by atomic mass is 9.84. The third-order valence-corrected chi connectivity index (χ3v) is 12.4. The Morgan fingerprint density at radius 3 is 2.08 bits per heavy atom. The van der Waals surface area contributed by atoms with Gasteiger partial charge in [0.15, 0.2) is 9.84 Å². The molecule has 262 valence electrons. The van der Waals surface area contributed by atoms with E-state index in [9.17, 15) is 58.6 Å². The smallest absolute Gasteiger partial charge is 0.435 e. The molecule has 2 fully saturated rings. The van der Waals surface area contributed by atoms with Crippen molar-refractivity contribution >= 4 is 27.6 Å². The Hall–Kier alpha value is -3.76. The normalized spacial score (nSPS) is 25.2. The lowest BCUT2D eigenvalue weighted by Gasteiger charge is -2.41. The van der Waals surface area contributed by atoms with E-state index in [-0.39, 0.29) is 68.8 Å². The van der Waals surface area contributed by atoms with Crippen molar-refractivity contribution in [1.29, 1.82) is 0 Å². The van der Waals surface area contributed by atoms with Crippen molar-refractivity contribution in [3.8, 4) is 0 Å². The van der Waals surface area contributed by atoms with Crippen LogP contribution in [0.15, 0.2) is 47.4 Å². The van der Waals surface area contributed by atoms with Gasteiger partial charge in [-0.1, -0.05) is 18.2 Å². The van der Waals surface area contributed by atoms with Crippen LogP contribution < -0.4 is 0 Å². The average molecular weight is 711 g/mol. The minimum atomic E-state index is -6.41. The van der Waals surface area contributed by atoms with Crippen molar-refractivity contribution < 1.29 is 63.0 Å². The molecule has 4 atom stereocenters. The number of hydrogen-bond acceptors (Lipinski definition) is 5. The second-order valence-corrected chi connectivity index (χ2v) is 14.6. The zero-order chi connectivity index (χ0) is 35.6. The quantitative estimate of drug-likeness (QED) is 0.327. The minimum Gasteiger partial charge on any atom is -0.480 e. The molecular weight excluding hydrogens is 680 g/mol. The fourth-order valence-corrected chi connectivity index (χ4v) is 9.91. The van der Waals surface area contributed by atoms with E-state index in [0.29, 0.717) is 6.07 Å². The van der Waals surface area contributed by atoms with Crippen LogP contribution in [0.1, 0.15) is 55.7 Å². The predicted octanol–water partition coefficient (Wildman–Crippen LogP) is 5.43. The highest BCUT2D eigenvalue weighted by Gasteiger charge is 2.73. The van der Waals surface area contributed by atoms with E-state index in [1.165, 1.54) is 11.8 Å². The zero-order valence-corrected chi connectivity index (χ0v) is 26.1. The molecule has 1 aliphatic carbocycles. The summed E-state index contributed by atoms with van der Waals surface area (Å²) in [5.41, 5.74) is -8.05. The van der Waals surface area contributed by atoms with E-state index in [4.69, 9.17) is 0 Å². The van der Waals surface area contributed by atoms with Gasteiger partial charge >= 0.3 is 24.0 Å². The Kier molecular flexibility index (Phi) is 8.87. The van der Waals surface area contributed by atoms with E-state index in [2.05, 4.69) is 0 Å². The highest BCUT2D eigenvalue weighted by atomic mass is 32.2. The summed E-state index contributed by atoms with van der Waals surface area (Å²) in [5.74, 6) is -4.24. The van der Waals surface area contributed by atoms with Crippen LogP contribution >= 0.6 is 0 Å². The van der Waals surface area contributed by atoms with Gasteiger partial charge in [0.25, 0.3) is 0 Å². The van der Waals surface area contributed by atoms with Gasteiger partial charge in [-0.15, -0.1) is 0 Å². The third-order valence-electron chi connectivity index (χ3n) is 9.83. The van der Waals surface area contributed by atoms with Crippen LogP contribution in [0.3, 0.4) is 0 Å². The van der Waals surface area contributed by atoms with E-state index >= 15 is 4.39 Å². The summed E-state index contributed by atoms with van der Waals surface area (Å²) >= 11 is 0. The molecule has 0 saturated carbocycles. The fraction of sp³-hybridized carbons (Fsp3) is 0.516. The number of hydrogen-bond donors (Lipinski definition) is 1. The van der Waals surface area contributed by atoms with Gasteiger partial charge in [0.05, 0.1) is 10.9 Å². The second kappa shape index (κ2) is 12.0. The summed E-state index contributed by atoms with van der Waals surface area (Å²) in [7, 11) is -4.71. The lowest BCUT2D eigenvalue weighted by molar-refractivity contribution is -0.348. The van der Waals surface area contributed by atoms with E-state index in [1.807, 2.05) is 0 Å². The Labute approximate surface area is 269 Å². The number of rotatable bonds is 5. The number of carboxylic acids is 1. The van der Waals surface area contributed by atoms with Gasteiger partial charge in [-0.2, -0.15) is 26.3 Å². The molecule has 2 aromatic carbocycles. The fourth-order valence-electron chi connectivity index (χ4n) is 7.55. The molecule has 2 amide bonds. The number of piperidine rings is 1. The molecule has 2 saturated heterocycles. The molecule has 0 spiro atoms. The molecular formula is C31H30F8N2O6S. The number of alkyl halides is 7. The number of likely N-dealkylation sites (tertiary alicyclic amines) is 2. The van der Waals surface area contributed by atoms with E-state index in [1.54, 1.807) is 0 Å². The topological polar surface area (TPSA) is 112 Å². The van der Waals surface area contributed by atoms with Crippen molar-refractivity contribution in [2.24, 2.45) is 5.92 Å². The second-order valence-electron chi connectivity index (χ2n) is 12.4. The van der Waals surface area contributed by atoms with E-state index in [0.717, 1.165) is 35.2 Å². The standard InChI is InChI=1S/C31H30F8N2O6S/c1-17(42)40-13-11-19(16-24(40)27(44)45)26(43)41-14-12-28(48(46,47)22-8-6-21(32)7-9-22)23-10-5-20(15-18(23)3-2-4-25(28)41)29(33,30(34,35)36)31(37,38)39/h5-10,15,19,24-25H,2-4,11-14,16H2,1H3,(H,44,45)/t19?,24?,25-,28-/m1/s1. The number of carboxylic acid groups (broad SMARTS) is 1. The first kappa shape index (κ1) is 35.5. The third kappa shape index (κ3) is 5.41. The number of aliphatic carboxylic acids is 1. The molecule has 5 rings (SSSR count). The van der Waals surface area contributed by atoms with Crippen LogP contribution in [0, 0.1) is 11.7 Å². The summed E-state index contributed by atoms with van der Waals surface area (Å²) in [6.07, 6.45) is -13.8. The molecule has 2 aromatic rings. The van der Waals surface area contributed by atoms with E-state index < -0.39 is 84.7 Å². The molecule has 2 aliphatic heterocycles. The summed E-state index contributed by atoms with van der Waals surface area (Å²) < 4.78 is 138. The van der Waals surface area contributed by atoms with Crippen molar-refractivity contribution in [1.82, 2.24) is 9.80 Å². The molecule has 48 heavy (non-hydrogen) atoms. The first-order chi connectivity index (χ1) is 22.2. The van der Waals surface area contributed by atoms with Gasteiger partial charge in [-0.3, -0.25) is 9.59 Å². The Bertz CT molecular complexity index is 1720. The molecule has 2 unspecified atom stereocenters. The number of aryl methyl sites for hydroxylation is 1. The number of carbonyl (C=O) groups excluding carboxylic acids is 2. The zero-order valence-electron chi connectivity index (χ0n) is 25.2. The van der Waals surface area contributed by atoms with Crippen LogP contribution in [0.25, 0.3) is 0 Å².